The van der Waals surface area contributed by atoms with E-state index in [-0.39, 0.29) is 16.3 Å². The molecule has 6 rings (SSSR count). The van der Waals surface area contributed by atoms with E-state index in [4.69, 9.17) is 4.74 Å². The van der Waals surface area contributed by atoms with Gasteiger partial charge in [0.05, 0.1) is 12.8 Å². The Morgan fingerprint density at radius 3 is 2.58 bits per heavy atom. The summed E-state index contributed by atoms with van der Waals surface area (Å²) < 4.78 is 35.0. The maximum Gasteiger partial charge on any atom is 0.311 e. The largest absolute Gasteiger partial charge is 0.602 e. The van der Waals surface area contributed by atoms with Gasteiger partial charge in [0.15, 0.2) is 10.6 Å². The van der Waals surface area contributed by atoms with E-state index in [0.717, 1.165) is 45.4 Å². The van der Waals surface area contributed by atoms with Gasteiger partial charge in [0.25, 0.3) is 0 Å². The van der Waals surface area contributed by atoms with Crippen LogP contribution in [0.25, 0.3) is 11.0 Å². The molecule has 0 bridgehead atoms. The van der Waals surface area contributed by atoms with Crippen molar-refractivity contribution in [3.8, 4) is 5.75 Å². The highest BCUT2D eigenvalue weighted by molar-refractivity contribution is 7.93. The van der Waals surface area contributed by atoms with Crippen LogP contribution in [0.5, 0.6) is 5.75 Å². The van der Waals surface area contributed by atoms with Crippen LogP contribution in [0.1, 0.15) is 37.4 Å². The Morgan fingerprint density at radius 2 is 1.89 bits per heavy atom. The molecule has 1 atom stereocenters. The summed E-state index contributed by atoms with van der Waals surface area (Å²) in [5, 5.41) is 13.3. The van der Waals surface area contributed by atoms with Crippen LogP contribution in [0.2, 0.25) is 0 Å². The number of quaternary nitrogens is 1. The summed E-state index contributed by atoms with van der Waals surface area (Å²) in [5.41, 5.74) is 3.54. The molecule has 1 saturated carbocycles. The Balaban J connectivity index is 1.38. The second kappa shape index (κ2) is 8.92. The summed E-state index contributed by atoms with van der Waals surface area (Å²) in [7, 11) is -3.97. The first-order valence-corrected chi connectivity index (χ1v) is 13.8. The first kappa shape index (κ1) is 23.0. The van der Waals surface area contributed by atoms with Gasteiger partial charge in [0.1, 0.15) is 17.1 Å². The fraction of sp³-hybridized carbons (Fsp3) is 0.296. The van der Waals surface area contributed by atoms with Crippen molar-refractivity contribution in [1.29, 1.82) is 0 Å². The molecule has 186 valence electrons. The lowest BCUT2D eigenvalue weighted by molar-refractivity contribution is -0.771. The Kier molecular flexibility index (Phi) is 5.70. The number of anilines is 1. The van der Waals surface area contributed by atoms with Crippen LogP contribution in [0.15, 0.2) is 71.8 Å². The number of nitrogens with zero attached hydrogens (tertiary/aromatic N) is 3. The molecule has 2 aromatic heterocycles. The van der Waals surface area contributed by atoms with E-state index < -0.39 is 15.2 Å². The fourth-order valence-electron chi connectivity index (χ4n) is 5.10. The monoisotopic (exact) mass is 504 g/mol. The molecular weight excluding hydrogens is 476 g/mol. The number of fused-ring (bicyclic) bond motifs is 2. The SMILES string of the molecule is CCOc1ccc(Cc2cc3cc(N4[NH+]([O-])c5ccccc5S4(=O)=O)cnc3n2CC2CCC2)cc1. The minimum atomic E-state index is -3.97. The molecule has 1 aliphatic carbocycles. The predicted molar refractivity (Wildman–Crippen MR) is 138 cm³/mol. The standard InChI is InChI=1S/C27H28N4O4S/c1-2-35-24-12-10-19(11-13-24)14-22-15-21-16-23(17-28-27(21)29(22)18-20-6-5-7-20)31-30(32)25-8-3-4-9-26(25)36(31,33)34/h3-4,8-13,15-17,20,30H,2,5-7,14,18H2,1H3. The predicted octanol–water partition coefficient (Wildman–Crippen LogP) is 3.96. The second-order valence-electron chi connectivity index (χ2n) is 9.47. The van der Waals surface area contributed by atoms with Crippen molar-refractivity contribution >= 4 is 32.4 Å². The van der Waals surface area contributed by atoms with Gasteiger partial charge < -0.3 is 14.5 Å². The van der Waals surface area contributed by atoms with Crippen LogP contribution in [-0.2, 0) is 23.0 Å². The molecule has 36 heavy (non-hydrogen) atoms. The van der Waals surface area contributed by atoms with Gasteiger partial charge in [-0.3, -0.25) is 0 Å². The van der Waals surface area contributed by atoms with Crippen molar-refractivity contribution in [3.05, 3.63) is 83.3 Å². The molecule has 1 N–H and O–H groups in total. The second-order valence-corrected chi connectivity index (χ2v) is 11.2. The van der Waals surface area contributed by atoms with Gasteiger partial charge in [-0.15, -0.1) is 4.41 Å². The Hall–Kier alpha value is -3.40. The van der Waals surface area contributed by atoms with Crippen LogP contribution in [0, 0.1) is 11.1 Å². The van der Waals surface area contributed by atoms with E-state index in [9.17, 15) is 13.6 Å². The number of aromatic nitrogens is 2. The molecule has 0 spiro atoms. The van der Waals surface area contributed by atoms with Gasteiger partial charge in [-0.05, 0) is 61.6 Å². The quantitative estimate of drug-likeness (QED) is 0.385. The molecule has 2 aliphatic rings. The lowest BCUT2D eigenvalue weighted by Gasteiger charge is -2.27. The normalized spacial score (nSPS) is 18.8. The number of benzene rings is 2. The van der Waals surface area contributed by atoms with E-state index >= 15 is 0 Å². The lowest BCUT2D eigenvalue weighted by Crippen LogP contribution is -3.08. The summed E-state index contributed by atoms with van der Waals surface area (Å²) in [6.07, 6.45) is 5.89. The third-order valence-corrected chi connectivity index (χ3v) is 8.91. The average molecular weight is 505 g/mol. The van der Waals surface area contributed by atoms with Crippen molar-refractivity contribution in [2.24, 2.45) is 5.92 Å². The zero-order valence-electron chi connectivity index (χ0n) is 20.1. The van der Waals surface area contributed by atoms with Crippen molar-refractivity contribution < 1.29 is 18.3 Å². The molecule has 1 aliphatic heterocycles. The Bertz CT molecular complexity index is 1530. The minimum Gasteiger partial charge on any atom is -0.602 e. The maximum atomic E-state index is 13.2. The molecule has 2 aromatic carbocycles. The number of rotatable bonds is 7. The topological polar surface area (TPSA) is 91.9 Å². The fourth-order valence-corrected chi connectivity index (χ4v) is 6.68. The molecule has 1 fully saturated rings. The van der Waals surface area contributed by atoms with Crippen molar-refractivity contribution in [1.82, 2.24) is 9.55 Å². The smallest absolute Gasteiger partial charge is 0.311 e. The van der Waals surface area contributed by atoms with E-state index in [1.807, 2.05) is 19.1 Å². The summed E-state index contributed by atoms with van der Waals surface area (Å²) in [6.45, 7) is 3.48. The van der Waals surface area contributed by atoms with E-state index in [0.29, 0.717) is 12.5 Å². The molecule has 8 nitrogen and oxygen atoms in total. The summed E-state index contributed by atoms with van der Waals surface area (Å²) in [6, 6.07) is 18.3. The highest BCUT2D eigenvalue weighted by Crippen LogP contribution is 2.34. The van der Waals surface area contributed by atoms with Crippen LogP contribution >= 0.6 is 0 Å². The average Bonchev–Trinajstić information content (AvgIpc) is 3.28. The zero-order chi connectivity index (χ0) is 24.9. The molecule has 3 heterocycles. The van der Waals surface area contributed by atoms with E-state index in [2.05, 4.69) is 27.8 Å². The molecule has 4 aromatic rings. The Morgan fingerprint density at radius 1 is 1.11 bits per heavy atom. The van der Waals surface area contributed by atoms with Gasteiger partial charge in [0, 0.05) is 30.1 Å². The Labute approximate surface area is 210 Å². The van der Waals surface area contributed by atoms with Crippen molar-refractivity contribution in [2.75, 3.05) is 11.0 Å². The van der Waals surface area contributed by atoms with Gasteiger partial charge in [-0.1, -0.05) is 30.7 Å². The number of hydrogen-bond acceptors (Lipinski definition) is 5. The molecular formula is C27H28N4O4S. The first-order valence-electron chi connectivity index (χ1n) is 12.3. The minimum absolute atomic E-state index is 0.0360. The van der Waals surface area contributed by atoms with Gasteiger partial charge in [-0.2, -0.15) is 8.42 Å². The van der Waals surface area contributed by atoms with Crippen LogP contribution in [-0.4, -0.2) is 24.6 Å². The van der Waals surface area contributed by atoms with Crippen molar-refractivity contribution in [2.45, 2.75) is 44.0 Å². The highest BCUT2D eigenvalue weighted by atomic mass is 32.2. The lowest BCUT2D eigenvalue weighted by atomic mass is 9.85. The maximum absolute atomic E-state index is 13.2. The summed E-state index contributed by atoms with van der Waals surface area (Å²) >= 11 is 0. The number of ether oxygens (including phenoxy) is 1. The number of sulfonamides is 1. The third kappa shape index (κ3) is 3.84. The van der Waals surface area contributed by atoms with Gasteiger partial charge >= 0.3 is 10.0 Å². The zero-order valence-corrected chi connectivity index (χ0v) is 20.9. The summed E-state index contributed by atoms with van der Waals surface area (Å²) in [4.78, 5) is 4.72. The molecule has 9 heteroatoms. The first-order chi connectivity index (χ1) is 17.5. The van der Waals surface area contributed by atoms with E-state index in [1.165, 1.54) is 31.5 Å². The number of nitrogens with one attached hydrogen (secondary N) is 1. The van der Waals surface area contributed by atoms with Crippen LogP contribution in [0.4, 0.5) is 11.4 Å². The van der Waals surface area contributed by atoms with Crippen molar-refractivity contribution in [3.63, 3.8) is 0 Å². The third-order valence-electron chi connectivity index (χ3n) is 7.14. The number of pyridine rings is 1. The van der Waals surface area contributed by atoms with Gasteiger partial charge in [-0.25, -0.2) is 10.2 Å². The van der Waals surface area contributed by atoms with Crippen LogP contribution in [0.3, 0.4) is 0 Å². The number of hydrogen-bond donors (Lipinski definition) is 1. The molecule has 0 radical (unpaired) electrons. The highest BCUT2D eigenvalue weighted by Gasteiger charge is 2.43. The molecule has 1 unspecified atom stereocenters. The van der Waals surface area contributed by atoms with E-state index in [1.54, 1.807) is 24.3 Å². The van der Waals surface area contributed by atoms with Crippen LogP contribution < -0.4 is 14.3 Å². The van der Waals surface area contributed by atoms with Gasteiger partial charge in [0.2, 0.25) is 0 Å². The molecule has 0 saturated heterocycles. The molecule has 0 amide bonds. The summed E-state index contributed by atoms with van der Waals surface area (Å²) in [5.74, 6) is 1.47.